The molecule has 1 saturated carbocycles. The highest BCUT2D eigenvalue weighted by Gasteiger charge is 2.34. The predicted octanol–water partition coefficient (Wildman–Crippen LogP) is 2.87. The summed E-state index contributed by atoms with van der Waals surface area (Å²) in [7, 11) is 0. The van der Waals surface area contributed by atoms with Crippen molar-refractivity contribution in [3.8, 4) is 0 Å². The molecule has 2 saturated heterocycles. The zero-order valence-electron chi connectivity index (χ0n) is 12.9. The van der Waals surface area contributed by atoms with E-state index in [1.165, 1.54) is 63.1 Å². The molecule has 1 aromatic rings. The molecular weight excluding hydrogens is 258 g/mol. The zero-order chi connectivity index (χ0) is 14.1. The topological polar surface area (TPSA) is 18.5 Å². The molecule has 114 valence electrons. The van der Waals surface area contributed by atoms with E-state index in [0.717, 1.165) is 25.0 Å². The third kappa shape index (κ3) is 3.03. The fraction of sp³-hybridized carbons (Fsp3) is 0.667. The molecule has 1 aliphatic carbocycles. The van der Waals surface area contributed by atoms with E-state index in [4.69, 9.17) is 0 Å². The van der Waals surface area contributed by atoms with Crippen molar-refractivity contribution in [2.75, 3.05) is 42.5 Å². The summed E-state index contributed by atoms with van der Waals surface area (Å²) in [4.78, 5) is 5.11. The summed E-state index contributed by atoms with van der Waals surface area (Å²) in [6, 6.07) is 10.0. The third-order valence-corrected chi connectivity index (χ3v) is 5.33. The third-order valence-electron chi connectivity index (χ3n) is 5.33. The molecule has 2 heterocycles. The Bertz CT molecular complexity index is 460. The van der Waals surface area contributed by atoms with Crippen LogP contribution in [0.25, 0.3) is 0 Å². The zero-order valence-corrected chi connectivity index (χ0v) is 12.9. The van der Waals surface area contributed by atoms with Crippen LogP contribution in [-0.2, 0) is 0 Å². The molecule has 3 heteroatoms. The summed E-state index contributed by atoms with van der Waals surface area (Å²) in [6.07, 6.45) is 6.96. The van der Waals surface area contributed by atoms with Gasteiger partial charge in [0.05, 0.1) is 0 Å². The van der Waals surface area contributed by atoms with Gasteiger partial charge in [-0.3, -0.25) is 0 Å². The van der Waals surface area contributed by atoms with Crippen molar-refractivity contribution in [2.24, 2.45) is 5.92 Å². The molecular formula is C18H27N3. The summed E-state index contributed by atoms with van der Waals surface area (Å²) in [5, 5.41) is 3.69. The van der Waals surface area contributed by atoms with E-state index in [9.17, 15) is 0 Å². The molecule has 4 rings (SSSR count). The molecule has 3 nitrogen and oxygen atoms in total. The van der Waals surface area contributed by atoms with E-state index in [1.807, 2.05) is 0 Å². The predicted molar refractivity (Wildman–Crippen MR) is 89.2 cm³/mol. The minimum Gasteiger partial charge on any atom is -0.372 e. The Hall–Kier alpha value is -1.22. The average Bonchev–Trinajstić information content (AvgIpc) is 3.41. The fourth-order valence-corrected chi connectivity index (χ4v) is 3.85. The van der Waals surface area contributed by atoms with E-state index >= 15 is 0 Å². The lowest BCUT2D eigenvalue weighted by molar-refractivity contribution is 0.419. The first kappa shape index (κ1) is 13.4. The molecule has 0 spiro atoms. The van der Waals surface area contributed by atoms with Gasteiger partial charge in [-0.15, -0.1) is 0 Å². The van der Waals surface area contributed by atoms with Crippen molar-refractivity contribution in [1.82, 2.24) is 5.32 Å². The lowest BCUT2D eigenvalue weighted by Crippen LogP contribution is -2.51. The largest absolute Gasteiger partial charge is 0.372 e. The van der Waals surface area contributed by atoms with Gasteiger partial charge in [0.1, 0.15) is 0 Å². The second-order valence-electron chi connectivity index (χ2n) is 6.91. The summed E-state index contributed by atoms with van der Waals surface area (Å²) in [5.74, 6) is 0.945. The van der Waals surface area contributed by atoms with Gasteiger partial charge in [-0.2, -0.15) is 0 Å². The second kappa shape index (κ2) is 5.88. The van der Waals surface area contributed by atoms with Crippen LogP contribution in [0.4, 0.5) is 11.4 Å². The Morgan fingerprint density at radius 1 is 0.810 bits per heavy atom. The Kier molecular flexibility index (Phi) is 3.76. The quantitative estimate of drug-likeness (QED) is 0.921. The number of hydrogen-bond donors (Lipinski definition) is 1. The maximum absolute atomic E-state index is 3.69. The molecule has 3 aliphatic rings. The van der Waals surface area contributed by atoms with Crippen LogP contribution in [0.3, 0.4) is 0 Å². The average molecular weight is 285 g/mol. The monoisotopic (exact) mass is 285 g/mol. The van der Waals surface area contributed by atoms with Crippen molar-refractivity contribution in [3.05, 3.63) is 24.3 Å². The van der Waals surface area contributed by atoms with Crippen LogP contribution < -0.4 is 15.1 Å². The van der Waals surface area contributed by atoms with E-state index in [-0.39, 0.29) is 0 Å². The van der Waals surface area contributed by atoms with Crippen LogP contribution in [0.5, 0.6) is 0 Å². The van der Waals surface area contributed by atoms with Gasteiger partial charge in [0, 0.05) is 50.1 Å². The highest BCUT2D eigenvalue weighted by Crippen LogP contribution is 2.34. The molecule has 1 unspecified atom stereocenters. The Morgan fingerprint density at radius 3 is 2.14 bits per heavy atom. The molecule has 0 bridgehead atoms. The summed E-state index contributed by atoms with van der Waals surface area (Å²) >= 11 is 0. The van der Waals surface area contributed by atoms with Gasteiger partial charge in [0.25, 0.3) is 0 Å². The first-order valence-electron chi connectivity index (χ1n) is 8.73. The number of nitrogens with zero attached hydrogens (tertiary/aromatic N) is 2. The number of anilines is 2. The second-order valence-corrected chi connectivity index (χ2v) is 6.91. The van der Waals surface area contributed by atoms with Crippen LogP contribution in [0.1, 0.15) is 32.1 Å². The molecule has 21 heavy (non-hydrogen) atoms. The first-order chi connectivity index (χ1) is 10.4. The highest BCUT2D eigenvalue weighted by atomic mass is 15.2. The Morgan fingerprint density at radius 2 is 1.48 bits per heavy atom. The minimum atomic E-state index is 0.723. The van der Waals surface area contributed by atoms with Crippen molar-refractivity contribution >= 4 is 11.4 Å². The van der Waals surface area contributed by atoms with Gasteiger partial charge in [-0.25, -0.2) is 0 Å². The maximum Gasteiger partial charge on any atom is 0.0368 e. The summed E-state index contributed by atoms with van der Waals surface area (Å²) in [5.41, 5.74) is 2.82. The van der Waals surface area contributed by atoms with E-state index in [2.05, 4.69) is 39.4 Å². The molecule has 1 N–H and O–H groups in total. The SMILES string of the molecule is c1cc(N2CCNC(C3CC3)C2)ccc1N1CCCCC1. The Balaban J connectivity index is 1.42. The van der Waals surface area contributed by atoms with Crippen LogP contribution in [-0.4, -0.2) is 38.8 Å². The maximum atomic E-state index is 3.69. The number of rotatable bonds is 3. The molecule has 1 aromatic carbocycles. The number of hydrogen-bond acceptors (Lipinski definition) is 3. The van der Waals surface area contributed by atoms with Crippen molar-refractivity contribution in [3.63, 3.8) is 0 Å². The normalized spacial score (nSPS) is 27.0. The molecule has 3 fully saturated rings. The molecule has 0 amide bonds. The van der Waals surface area contributed by atoms with E-state index in [1.54, 1.807) is 0 Å². The minimum absolute atomic E-state index is 0.723. The standard InChI is InChI=1S/C18H27N3/c1-2-11-20(12-3-1)16-6-8-17(9-7-16)21-13-10-19-18(14-21)15-4-5-15/h6-9,15,18-19H,1-5,10-14H2. The van der Waals surface area contributed by atoms with E-state index < -0.39 is 0 Å². The fourth-order valence-electron chi connectivity index (χ4n) is 3.85. The van der Waals surface area contributed by atoms with Crippen molar-refractivity contribution < 1.29 is 0 Å². The van der Waals surface area contributed by atoms with Crippen LogP contribution in [0, 0.1) is 5.92 Å². The van der Waals surface area contributed by atoms with Gasteiger partial charge >= 0.3 is 0 Å². The van der Waals surface area contributed by atoms with Crippen LogP contribution >= 0.6 is 0 Å². The first-order valence-corrected chi connectivity index (χ1v) is 8.73. The molecule has 0 radical (unpaired) electrons. The molecule has 1 atom stereocenters. The highest BCUT2D eigenvalue weighted by molar-refractivity contribution is 5.57. The Labute approximate surface area is 128 Å². The van der Waals surface area contributed by atoms with Crippen molar-refractivity contribution in [1.29, 1.82) is 0 Å². The lowest BCUT2D eigenvalue weighted by Gasteiger charge is -2.36. The van der Waals surface area contributed by atoms with Gasteiger partial charge < -0.3 is 15.1 Å². The molecule has 2 aliphatic heterocycles. The smallest absolute Gasteiger partial charge is 0.0368 e. The van der Waals surface area contributed by atoms with Crippen LogP contribution in [0.2, 0.25) is 0 Å². The van der Waals surface area contributed by atoms with E-state index in [0.29, 0.717) is 0 Å². The number of benzene rings is 1. The van der Waals surface area contributed by atoms with Crippen molar-refractivity contribution in [2.45, 2.75) is 38.1 Å². The van der Waals surface area contributed by atoms with Gasteiger partial charge in [-0.1, -0.05) is 0 Å². The summed E-state index contributed by atoms with van der Waals surface area (Å²) in [6.45, 7) is 5.93. The number of piperidine rings is 1. The number of piperazine rings is 1. The molecule has 0 aromatic heterocycles. The number of nitrogens with one attached hydrogen (secondary N) is 1. The van der Waals surface area contributed by atoms with Gasteiger partial charge in [-0.05, 0) is 62.3 Å². The van der Waals surface area contributed by atoms with Gasteiger partial charge in [0.15, 0.2) is 0 Å². The van der Waals surface area contributed by atoms with Gasteiger partial charge in [0.2, 0.25) is 0 Å². The summed E-state index contributed by atoms with van der Waals surface area (Å²) < 4.78 is 0. The van der Waals surface area contributed by atoms with Crippen LogP contribution in [0.15, 0.2) is 24.3 Å². The lowest BCUT2D eigenvalue weighted by atomic mass is 10.1.